The molecule has 0 bridgehead atoms. The van der Waals surface area contributed by atoms with Crippen LogP contribution in [-0.4, -0.2) is 49.4 Å². The van der Waals surface area contributed by atoms with Gasteiger partial charge < -0.3 is 15.4 Å². The summed E-state index contributed by atoms with van der Waals surface area (Å²) in [7, 11) is 0. The molecule has 2 fully saturated rings. The normalized spacial score (nSPS) is 31.6. The maximum Gasteiger partial charge on any atom is 0.0623 e. The van der Waals surface area contributed by atoms with Crippen LogP contribution in [0.4, 0.5) is 0 Å². The lowest BCUT2D eigenvalue weighted by Gasteiger charge is -2.36. The van der Waals surface area contributed by atoms with Crippen LogP contribution in [0, 0.1) is 5.92 Å². The predicted molar refractivity (Wildman–Crippen MR) is 88.6 cm³/mol. The average molecular weight is 301 g/mol. The summed E-state index contributed by atoms with van der Waals surface area (Å²) in [4.78, 5) is 0. The summed E-state index contributed by atoms with van der Waals surface area (Å²) < 4.78 is 6.08. The number of ether oxygens (including phenoxy) is 1. The standard InChI is InChI=1S/C16H32N2OS/c1-4-16(5-2,20-3)12-18-14-8-6-7-13(14)15-11-19-10-9-17-15/h13-15,17-18H,4-12H2,1-3H3. The zero-order valence-electron chi connectivity index (χ0n) is 13.4. The van der Waals surface area contributed by atoms with Gasteiger partial charge in [-0.1, -0.05) is 20.3 Å². The molecule has 0 aromatic heterocycles. The van der Waals surface area contributed by atoms with E-state index in [1.54, 1.807) is 0 Å². The first-order chi connectivity index (χ1) is 9.74. The summed E-state index contributed by atoms with van der Waals surface area (Å²) in [6.07, 6.45) is 8.81. The first-order valence-corrected chi connectivity index (χ1v) is 9.57. The fourth-order valence-electron chi connectivity index (χ4n) is 3.76. The van der Waals surface area contributed by atoms with E-state index in [0.29, 0.717) is 16.8 Å². The number of nitrogens with one attached hydrogen (secondary N) is 2. The van der Waals surface area contributed by atoms with Gasteiger partial charge >= 0.3 is 0 Å². The fraction of sp³-hybridized carbons (Fsp3) is 1.00. The Balaban J connectivity index is 1.87. The fourth-order valence-corrected chi connectivity index (χ4v) is 4.57. The van der Waals surface area contributed by atoms with Gasteiger partial charge in [-0.2, -0.15) is 11.8 Å². The summed E-state index contributed by atoms with van der Waals surface area (Å²) in [6.45, 7) is 8.60. The second-order valence-corrected chi connectivity index (χ2v) is 7.59. The van der Waals surface area contributed by atoms with Gasteiger partial charge in [0.15, 0.2) is 0 Å². The van der Waals surface area contributed by atoms with Gasteiger partial charge in [0.05, 0.1) is 13.2 Å². The van der Waals surface area contributed by atoms with Crippen molar-refractivity contribution in [1.82, 2.24) is 10.6 Å². The minimum atomic E-state index is 0.420. The largest absolute Gasteiger partial charge is 0.379 e. The SMILES string of the molecule is CCC(CC)(CNC1CCCC1C1COCCN1)SC. The van der Waals surface area contributed by atoms with Crippen LogP contribution in [0.25, 0.3) is 0 Å². The molecule has 3 atom stereocenters. The smallest absolute Gasteiger partial charge is 0.0623 e. The third-order valence-electron chi connectivity index (χ3n) is 5.44. The second kappa shape index (κ2) is 8.02. The molecular formula is C16H32N2OS. The average Bonchev–Trinajstić information content (AvgIpc) is 2.99. The van der Waals surface area contributed by atoms with Gasteiger partial charge in [-0.15, -0.1) is 0 Å². The van der Waals surface area contributed by atoms with Crippen molar-refractivity contribution in [2.24, 2.45) is 5.92 Å². The highest BCUT2D eigenvalue weighted by Gasteiger charge is 2.36. The van der Waals surface area contributed by atoms with E-state index in [2.05, 4.69) is 30.7 Å². The van der Waals surface area contributed by atoms with E-state index >= 15 is 0 Å². The van der Waals surface area contributed by atoms with E-state index in [1.807, 2.05) is 11.8 Å². The Kier molecular flexibility index (Phi) is 6.66. The van der Waals surface area contributed by atoms with Gasteiger partial charge in [0, 0.05) is 29.9 Å². The van der Waals surface area contributed by atoms with Crippen LogP contribution in [0.2, 0.25) is 0 Å². The molecule has 0 spiro atoms. The molecule has 1 aliphatic heterocycles. The van der Waals surface area contributed by atoms with Gasteiger partial charge in [-0.25, -0.2) is 0 Å². The number of rotatable bonds is 7. The number of hydrogen-bond donors (Lipinski definition) is 2. The highest BCUT2D eigenvalue weighted by atomic mass is 32.2. The van der Waals surface area contributed by atoms with Crippen molar-refractivity contribution in [3.05, 3.63) is 0 Å². The van der Waals surface area contributed by atoms with E-state index in [0.717, 1.165) is 32.2 Å². The van der Waals surface area contributed by atoms with Crippen LogP contribution >= 0.6 is 11.8 Å². The maximum atomic E-state index is 5.66. The Morgan fingerprint density at radius 1 is 1.30 bits per heavy atom. The lowest BCUT2D eigenvalue weighted by molar-refractivity contribution is 0.0523. The Labute approximate surface area is 129 Å². The molecule has 1 saturated carbocycles. The van der Waals surface area contributed by atoms with Gasteiger partial charge in [0.25, 0.3) is 0 Å². The molecule has 2 aliphatic rings. The van der Waals surface area contributed by atoms with Gasteiger partial charge in [0.1, 0.15) is 0 Å². The third-order valence-corrected chi connectivity index (χ3v) is 7.03. The van der Waals surface area contributed by atoms with Crippen molar-refractivity contribution < 1.29 is 4.74 Å². The molecule has 0 aromatic carbocycles. The molecule has 1 aliphatic carbocycles. The van der Waals surface area contributed by atoms with Crippen molar-refractivity contribution >= 4 is 11.8 Å². The van der Waals surface area contributed by atoms with E-state index in [-0.39, 0.29) is 0 Å². The molecular weight excluding hydrogens is 268 g/mol. The topological polar surface area (TPSA) is 33.3 Å². The molecule has 4 heteroatoms. The van der Waals surface area contributed by atoms with E-state index in [9.17, 15) is 0 Å². The minimum Gasteiger partial charge on any atom is -0.379 e. The summed E-state index contributed by atoms with van der Waals surface area (Å²) in [6, 6.07) is 1.24. The van der Waals surface area contributed by atoms with Crippen LogP contribution in [-0.2, 0) is 4.74 Å². The van der Waals surface area contributed by atoms with Crippen LogP contribution in [0.3, 0.4) is 0 Å². The molecule has 1 saturated heterocycles. The lowest BCUT2D eigenvalue weighted by atomic mass is 9.93. The van der Waals surface area contributed by atoms with E-state index in [1.165, 1.54) is 32.1 Å². The highest BCUT2D eigenvalue weighted by Crippen LogP contribution is 2.33. The van der Waals surface area contributed by atoms with Crippen molar-refractivity contribution in [1.29, 1.82) is 0 Å². The Bertz CT molecular complexity index is 269. The van der Waals surface area contributed by atoms with Crippen LogP contribution in [0.1, 0.15) is 46.0 Å². The zero-order chi connectivity index (χ0) is 14.4. The van der Waals surface area contributed by atoms with Crippen LogP contribution < -0.4 is 10.6 Å². The first kappa shape index (κ1) is 16.6. The number of morpholine rings is 1. The Morgan fingerprint density at radius 2 is 2.10 bits per heavy atom. The molecule has 1 heterocycles. The summed E-state index contributed by atoms with van der Waals surface area (Å²) in [5.74, 6) is 0.753. The molecule has 3 nitrogen and oxygen atoms in total. The van der Waals surface area contributed by atoms with Crippen LogP contribution in [0.5, 0.6) is 0 Å². The minimum absolute atomic E-state index is 0.420. The van der Waals surface area contributed by atoms with Crippen molar-refractivity contribution in [3.63, 3.8) is 0 Å². The molecule has 0 amide bonds. The number of thioether (sulfide) groups is 1. The van der Waals surface area contributed by atoms with Crippen LogP contribution in [0.15, 0.2) is 0 Å². The summed E-state index contributed by atoms with van der Waals surface area (Å²) in [5, 5.41) is 7.57. The maximum absolute atomic E-state index is 5.66. The second-order valence-electron chi connectivity index (χ2n) is 6.31. The van der Waals surface area contributed by atoms with Crippen molar-refractivity contribution in [3.8, 4) is 0 Å². The lowest BCUT2D eigenvalue weighted by Crippen LogP contribution is -2.52. The van der Waals surface area contributed by atoms with Gasteiger partial charge in [-0.3, -0.25) is 0 Å². The van der Waals surface area contributed by atoms with Gasteiger partial charge in [0.2, 0.25) is 0 Å². The summed E-state index contributed by atoms with van der Waals surface area (Å²) in [5.41, 5.74) is 0. The molecule has 118 valence electrons. The summed E-state index contributed by atoms with van der Waals surface area (Å²) >= 11 is 2.03. The predicted octanol–water partition coefficient (Wildman–Crippen LogP) is 2.65. The molecule has 2 N–H and O–H groups in total. The monoisotopic (exact) mass is 300 g/mol. The van der Waals surface area contributed by atoms with Gasteiger partial charge in [-0.05, 0) is 37.9 Å². The van der Waals surface area contributed by atoms with E-state index in [4.69, 9.17) is 4.74 Å². The quantitative estimate of drug-likeness (QED) is 0.757. The third kappa shape index (κ3) is 3.90. The first-order valence-electron chi connectivity index (χ1n) is 8.34. The molecule has 0 aromatic rings. The van der Waals surface area contributed by atoms with Crippen molar-refractivity contribution in [2.45, 2.75) is 62.8 Å². The zero-order valence-corrected chi connectivity index (χ0v) is 14.2. The molecule has 0 radical (unpaired) electrons. The number of hydrogen-bond acceptors (Lipinski definition) is 4. The molecule has 2 rings (SSSR count). The Morgan fingerprint density at radius 3 is 2.70 bits per heavy atom. The molecule has 20 heavy (non-hydrogen) atoms. The molecule has 3 unspecified atom stereocenters. The highest BCUT2D eigenvalue weighted by molar-refractivity contribution is 8.00. The Hall–Kier alpha value is 0.230. The van der Waals surface area contributed by atoms with E-state index < -0.39 is 0 Å². The van der Waals surface area contributed by atoms with Crippen molar-refractivity contribution in [2.75, 3.05) is 32.6 Å².